The van der Waals surface area contributed by atoms with Gasteiger partial charge in [-0.15, -0.1) is 0 Å². The van der Waals surface area contributed by atoms with Crippen LogP contribution in [0.2, 0.25) is 0 Å². The number of carbonyl (C=O) groups excluding carboxylic acids is 2. The Kier molecular flexibility index (Phi) is 8.03. The number of carbonyl (C=O) groups is 2. The van der Waals surface area contributed by atoms with E-state index in [2.05, 4.69) is 26.4 Å². The van der Waals surface area contributed by atoms with Crippen molar-refractivity contribution in [1.82, 2.24) is 30.7 Å². The predicted octanol–water partition coefficient (Wildman–Crippen LogP) is 2.81. The Bertz CT molecular complexity index is 1220. The Balaban J connectivity index is 1.54. The van der Waals surface area contributed by atoms with Crippen LogP contribution in [0.25, 0.3) is 11.3 Å². The normalized spacial score (nSPS) is 12.2. The molecule has 2 aromatic carbocycles. The largest absolute Gasteiger partial charge is 0.333 e. The van der Waals surface area contributed by atoms with Crippen molar-refractivity contribution < 1.29 is 18.0 Å². The van der Waals surface area contributed by atoms with E-state index < -0.39 is 28.0 Å². The van der Waals surface area contributed by atoms with Crippen molar-refractivity contribution in [3.63, 3.8) is 0 Å². The molecule has 0 bridgehead atoms. The molecular formula is C23H28N6O4S. The highest BCUT2D eigenvalue weighted by atomic mass is 32.2. The highest BCUT2D eigenvalue weighted by Crippen LogP contribution is 2.19. The SMILES string of the molecule is CCN(CC)S(=O)(=O)c1ccc([C@H](C)NC(=O)NNC(=O)c2cc(-c3ccccc3)n[nH]2)cc1. The van der Waals surface area contributed by atoms with Crippen molar-refractivity contribution in [2.75, 3.05) is 13.1 Å². The van der Waals surface area contributed by atoms with Gasteiger partial charge < -0.3 is 5.32 Å². The lowest BCUT2D eigenvalue weighted by Gasteiger charge is -2.19. The zero-order valence-electron chi connectivity index (χ0n) is 19.2. The van der Waals surface area contributed by atoms with Crippen LogP contribution in [0.15, 0.2) is 65.6 Å². The van der Waals surface area contributed by atoms with E-state index in [-0.39, 0.29) is 10.6 Å². The number of amides is 3. The number of benzene rings is 2. The fourth-order valence-corrected chi connectivity index (χ4v) is 4.79. The second-order valence-corrected chi connectivity index (χ2v) is 9.40. The highest BCUT2D eigenvalue weighted by molar-refractivity contribution is 7.89. The Morgan fingerprint density at radius 3 is 2.26 bits per heavy atom. The summed E-state index contributed by atoms with van der Waals surface area (Å²) in [4.78, 5) is 24.7. The third kappa shape index (κ3) is 5.80. The molecule has 0 saturated carbocycles. The van der Waals surface area contributed by atoms with Crippen LogP contribution < -0.4 is 16.2 Å². The molecule has 1 heterocycles. The number of H-pyrrole nitrogens is 1. The number of nitrogens with zero attached hydrogens (tertiary/aromatic N) is 2. The number of aromatic nitrogens is 2. The quantitative estimate of drug-likeness (QED) is 0.365. The van der Waals surface area contributed by atoms with E-state index in [1.165, 1.54) is 16.4 Å². The number of nitrogens with one attached hydrogen (secondary N) is 4. The summed E-state index contributed by atoms with van der Waals surface area (Å²) < 4.78 is 26.6. The maximum Gasteiger partial charge on any atom is 0.333 e. The van der Waals surface area contributed by atoms with Crippen molar-refractivity contribution in [3.05, 3.63) is 71.9 Å². The summed E-state index contributed by atoms with van der Waals surface area (Å²) >= 11 is 0. The van der Waals surface area contributed by atoms with E-state index in [0.29, 0.717) is 24.3 Å². The first kappa shape index (κ1) is 24.9. The molecule has 11 heteroatoms. The molecule has 1 aromatic heterocycles. The Labute approximate surface area is 198 Å². The van der Waals surface area contributed by atoms with E-state index in [1.807, 2.05) is 30.3 Å². The molecule has 0 spiro atoms. The molecule has 10 nitrogen and oxygen atoms in total. The van der Waals surface area contributed by atoms with Crippen molar-refractivity contribution in [2.24, 2.45) is 0 Å². The highest BCUT2D eigenvalue weighted by Gasteiger charge is 2.22. The molecule has 0 radical (unpaired) electrons. The van der Waals surface area contributed by atoms with Gasteiger partial charge in [-0.05, 0) is 30.7 Å². The molecule has 1 atom stereocenters. The first-order valence-corrected chi connectivity index (χ1v) is 12.3. The van der Waals surface area contributed by atoms with Gasteiger partial charge in [-0.2, -0.15) is 9.40 Å². The molecule has 34 heavy (non-hydrogen) atoms. The second-order valence-electron chi connectivity index (χ2n) is 7.47. The monoisotopic (exact) mass is 484 g/mol. The van der Waals surface area contributed by atoms with Gasteiger partial charge in [0.25, 0.3) is 5.91 Å². The smallest absolute Gasteiger partial charge is 0.330 e. The van der Waals surface area contributed by atoms with Gasteiger partial charge in [0.15, 0.2) is 0 Å². The Morgan fingerprint density at radius 2 is 1.65 bits per heavy atom. The Hall–Kier alpha value is -3.70. The summed E-state index contributed by atoms with van der Waals surface area (Å²) in [6, 6.07) is 16.2. The molecule has 0 aliphatic rings. The van der Waals surface area contributed by atoms with Gasteiger partial charge in [-0.25, -0.2) is 18.6 Å². The number of rotatable bonds is 8. The molecule has 3 amide bonds. The second kappa shape index (κ2) is 10.9. The first-order valence-electron chi connectivity index (χ1n) is 10.8. The fraction of sp³-hybridized carbons (Fsp3) is 0.261. The topological polar surface area (TPSA) is 136 Å². The average Bonchev–Trinajstić information content (AvgIpc) is 3.34. The third-order valence-corrected chi connectivity index (χ3v) is 7.32. The summed E-state index contributed by atoms with van der Waals surface area (Å²) in [5, 5.41) is 9.44. The van der Waals surface area contributed by atoms with Crippen molar-refractivity contribution in [3.8, 4) is 11.3 Å². The predicted molar refractivity (Wildman–Crippen MR) is 128 cm³/mol. The van der Waals surface area contributed by atoms with Crippen LogP contribution in [0.1, 0.15) is 42.9 Å². The van der Waals surface area contributed by atoms with Crippen LogP contribution in [0.4, 0.5) is 4.79 Å². The molecule has 0 unspecified atom stereocenters. The van der Waals surface area contributed by atoms with E-state index >= 15 is 0 Å². The van der Waals surface area contributed by atoms with Crippen molar-refractivity contribution in [1.29, 1.82) is 0 Å². The summed E-state index contributed by atoms with van der Waals surface area (Å²) in [5.74, 6) is -0.552. The molecule has 180 valence electrons. The molecule has 0 fully saturated rings. The van der Waals surface area contributed by atoms with Gasteiger partial charge in [0.2, 0.25) is 10.0 Å². The summed E-state index contributed by atoms with van der Waals surface area (Å²) in [6.45, 7) is 6.09. The van der Waals surface area contributed by atoms with Gasteiger partial charge in [-0.1, -0.05) is 56.3 Å². The van der Waals surface area contributed by atoms with Gasteiger partial charge in [0.05, 0.1) is 16.6 Å². The zero-order valence-corrected chi connectivity index (χ0v) is 20.0. The number of hydrogen-bond acceptors (Lipinski definition) is 5. The molecule has 3 aromatic rings. The minimum absolute atomic E-state index is 0.192. The lowest BCUT2D eigenvalue weighted by atomic mass is 10.1. The number of sulfonamides is 1. The maximum atomic E-state index is 12.6. The number of hydrazine groups is 1. The van der Waals surface area contributed by atoms with E-state index in [1.54, 1.807) is 39.0 Å². The van der Waals surface area contributed by atoms with Crippen LogP contribution in [0, 0.1) is 0 Å². The van der Waals surface area contributed by atoms with Crippen LogP contribution in [-0.2, 0) is 10.0 Å². The molecule has 0 aliphatic carbocycles. The van der Waals surface area contributed by atoms with Crippen molar-refractivity contribution in [2.45, 2.75) is 31.7 Å². The lowest BCUT2D eigenvalue weighted by molar-refractivity contribution is 0.0931. The van der Waals surface area contributed by atoms with Crippen LogP contribution in [-0.4, -0.2) is 47.9 Å². The number of urea groups is 1. The maximum absolute atomic E-state index is 12.6. The van der Waals surface area contributed by atoms with Gasteiger partial charge >= 0.3 is 6.03 Å². The van der Waals surface area contributed by atoms with Crippen molar-refractivity contribution >= 4 is 22.0 Å². The van der Waals surface area contributed by atoms with Gasteiger partial charge in [0.1, 0.15) is 5.69 Å². The van der Waals surface area contributed by atoms with E-state index in [0.717, 1.165) is 5.56 Å². The summed E-state index contributed by atoms with van der Waals surface area (Å²) in [5.41, 5.74) is 6.98. The summed E-state index contributed by atoms with van der Waals surface area (Å²) in [7, 11) is -3.55. The zero-order chi connectivity index (χ0) is 24.7. The molecule has 0 aliphatic heterocycles. The molecule has 3 rings (SSSR count). The molecule has 0 saturated heterocycles. The minimum atomic E-state index is -3.55. The fourth-order valence-electron chi connectivity index (χ4n) is 3.33. The minimum Gasteiger partial charge on any atom is -0.330 e. The van der Waals surface area contributed by atoms with Crippen LogP contribution >= 0.6 is 0 Å². The number of hydrogen-bond donors (Lipinski definition) is 4. The average molecular weight is 485 g/mol. The van der Waals surface area contributed by atoms with E-state index in [9.17, 15) is 18.0 Å². The van der Waals surface area contributed by atoms with Crippen LogP contribution in [0.3, 0.4) is 0 Å². The third-order valence-electron chi connectivity index (χ3n) is 5.25. The Morgan fingerprint density at radius 1 is 1.00 bits per heavy atom. The number of aromatic amines is 1. The van der Waals surface area contributed by atoms with Crippen LogP contribution in [0.5, 0.6) is 0 Å². The lowest BCUT2D eigenvalue weighted by Crippen LogP contribution is -2.47. The van der Waals surface area contributed by atoms with Gasteiger partial charge in [-0.3, -0.25) is 15.3 Å². The van der Waals surface area contributed by atoms with E-state index in [4.69, 9.17) is 0 Å². The summed E-state index contributed by atoms with van der Waals surface area (Å²) in [6.07, 6.45) is 0. The molecular weight excluding hydrogens is 456 g/mol. The molecule has 4 N–H and O–H groups in total. The standard InChI is InChI=1S/C23H28N6O4S/c1-4-29(5-2)34(32,33)19-13-11-17(12-14-19)16(3)24-23(31)28-27-22(30)21-15-20(25-26-21)18-9-7-6-8-10-18/h6-16H,4-5H2,1-3H3,(H,25,26)(H,27,30)(H2,24,28,31)/t16-/m0/s1. The van der Waals surface area contributed by atoms with Gasteiger partial charge in [0, 0.05) is 18.7 Å². The first-order chi connectivity index (χ1) is 16.3.